The Labute approximate surface area is 727 Å². The second-order valence-electron chi connectivity index (χ2n) is 29.5. The maximum atomic E-state index is 5.49. The summed E-state index contributed by atoms with van der Waals surface area (Å²) in [7, 11) is -0.505. The van der Waals surface area contributed by atoms with Gasteiger partial charge in [-0.25, -0.2) is 0 Å². The molecule has 0 saturated heterocycles. The molecular weight excluding hydrogens is 1560 g/mol. The molecule has 8 heteroatoms. The minimum atomic E-state index is -0.266. The maximum Gasteiger partial charge on any atom is 4.00 e. The van der Waals surface area contributed by atoms with Gasteiger partial charge in [-0.15, -0.1) is 105 Å². The Balaban J connectivity index is 0.000000252. The molecule has 11 aromatic carbocycles. The number of anilines is 1. The van der Waals surface area contributed by atoms with Gasteiger partial charge in [0.1, 0.15) is 5.58 Å². The largest absolute Gasteiger partial charge is 4.00 e. The van der Waals surface area contributed by atoms with Crippen LogP contribution in [0.25, 0.3) is 10.6 Å². The predicted molar refractivity (Wildman–Crippen MR) is 491 cm³/mol. The molecule has 590 valence electrons. The molecule has 0 aromatic heterocycles. The van der Waals surface area contributed by atoms with Gasteiger partial charge in [0.2, 0.25) is 0 Å². The molecular formula is C105H127N4P2Zr2-5. The third kappa shape index (κ3) is 39.5. The second kappa shape index (κ2) is 58.2. The Morgan fingerprint density at radius 2 is 0.575 bits per heavy atom. The second-order valence-corrected chi connectivity index (χ2v) is 35.0. The fourth-order valence-corrected chi connectivity index (χ4v) is 21.7. The van der Waals surface area contributed by atoms with Gasteiger partial charge in [-0.3, -0.25) is 4.99 Å². The fraction of sp³-hybridized carbons (Fsp3) is 0.295. The molecule has 113 heavy (non-hydrogen) atoms. The molecule has 0 bridgehead atoms. The molecule has 4 nitrogen and oxygen atoms in total. The summed E-state index contributed by atoms with van der Waals surface area (Å²) in [4.78, 5) is 5.36. The van der Waals surface area contributed by atoms with E-state index in [1.165, 1.54) is 179 Å². The van der Waals surface area contributed by atoms with Crippen molar-refractivity contribution in [2.24, 2.45) is 4.99 Å². The zero-order chi connectivity index (χ0) is 78.7. The molecule has 0 radical (unpaired) electrons. The van der Waals surface area contributed by atoms with Crippen molar-refractivity contribution >= 4 is 32.8 Å². The first kappa shape index (κ1) is 96.0. The fourth-order valence-electron chi connectivity index (χ4n) is 14.3. The van der Waals surface area contributed by atoms with Crippen molar-refractivity contribution in [2.75, 3.05) is 5.32 Å². The van der Waals surface area contributed by atoms with E-state index < -0.39 is 0 Å². The van der Waals surface area contributed by atoms with Crippen molar-refractivity contribution in [1.82, 2.24) is 0 Å². The van der Waals surface area contributed by atoms with Gasteiger partial charge in [-0.05, 0) is 126 Å². The van der Waals surface area contributed by atoms with E-state index in [4.69, 9.17) is 15.6 Å². The van der Waals surface area contributed by atoms with Crippen molar-refractivity contribution in [1.29, 1.82) is 0 Å². The third-order valence-corrected chi connectivity index (χ3v) is 27.2. The van der Waals surface area contributed by atoms with Crippen LogP contribution in [0.4, 0.5) is 11.4 Å². The predicted octanol–water partition coefficient (Wildman–Crippen LogP) is 30.8. The van der Waals surface area contributed by atoms with E-state index in [-0.39, 0.29) is 74.2 Å². The smallest absolute Gasteiger partial charge is 0.695 e. The number of amidine groups is 1. The van der Waals surface area contributed by atoms with E-state index in [9.17, 15) is 0 Å². The van der Waals surface area contributed by atoms with Gasteiger partial charge in [0, 0.05) is 31.9 Å². The molecule has 0 heterocycles. The number of hydrogen-bond donors (Lipinski definition) is 1. The Morgan fingerprint density at radius 3 is 0.841 bits per heavy atom. The summed E-state index contributed by atoms with van der Waals surface area (Å²) in [6.07, 6.45) is 28.2. The standard InChI is InChI=1S/2C28H39N2P.7C7H7.2Zr/c2*1-22-13-12-14-23(2)27(22)30-28(29-21-24-15-6-3-7-16-24)31(25-17-8-4-9-18-25)26-19-10-5-11-20-26;7*1-7-5-3-2-4-6-7;;/h3,6-7,12-16,25-26H,4-5,8-11,17-21H2,1-2H3,(H,29,30);3,6-7,12-16,25-26,28H,4-5,8-11,17-21H2,1-2H3;7*2-6H,1H2;;/q;-2;7*-1;;+4. The zero-order valence-corrected chi connectivity index (χ0v) is 75.3. The van der Waals surface area contributed by atoms with Gasteiger partial charge in [-0.1, -0.05) is 233 Å². The number of benzene rings is 11. The van der Waals surface area contributed by atoms with Gasteiger partial charge in [-0.2, -0.15) is 178 Å². The van der Waals surface area contributed by atoms with Crippen LogP contribution in [0.15, 0.2) is 314 Å². The summed E-state index contributed by atoms with van der Waals surface area (Å²) < 4.78 is 0. The zero-order valence-electron chi connectivity index (χ0n) is 68.6. The molecule has 1 unspecified atom stereocenters. The molecule has 1 N–H and O–H groups in total. The van der Waals surface area contributed by atoms with Gasteiger partial charge in [0.05, 0.1) is 6.54 Å². The van der Waals surface area contributed by atoms with Crippen molar-refractivity contribution < 1.29 is 52.4 Å². The minimum Gasteiger partial charge on any atom is -0.695 e. The van der Waals surface area contributed by atoms with E-state index >= 15 is 0 Å². The molecule has 4 aliphatic carbocycles. The summed E-state index contributed by atoms with van der Waals surface area (Å²) in [5.74, 6) is 0.140. The van der Waals surface area contributed by atoms with Gasteiger partial charge >= 0.3 is 26.2 Å². The molecule has 4 saturated carbocycles. The van der Waals surface area contributed by atoms with Gasteiger partial charge in [0.25, 0.3) is 0 Å². The van der Waals surface area contributed by atoms with Crippen LogP contribution in [0.5, 0.6) is 0 Å². The van der Waals surface area contributed by atoms with Crippen molar-refractivity contribution in [3.8, 4) is 0 Å². The van der Waals surface area contributed by atoms with Crippen molar-refractivity contribution in [2.45, 2.75) is 198 Å². The molecule has 0 spiro atoms. The van der Waals surface area contributed by atoms with Crippen LogP contribution in [0.1, 0.15) is 201 Å². The Kier molecular flexibility index (Phi) is 49.5. The average Bonchev–Trinajstić information content (AvgIpc) is 0.813. The number of nitrogens with zero attached hydrogens (tertiary/aromatic N) is 3. The maximum absolute atomic E-state index is 5.49. The number of hydrogen-bond acceptors (Lipinski definition) is 1. The number of aryl methyl sites for hydroxylation is 4. The van der Waals surface area contributed by atoms with Gasteiger partial charge in [0.15, 0.2) is 0 Å². The van der Waals surface area contributed by atoms with Crippen LogP contribution in [-0.2, 0) is 65.5 Å². The molecule has 15 rings (SSSR count). The quantitative estimate of drug-likeness (QED) is 0.0502. The van der Waals surface area contributed by atoms with Crippen molar-refractivity contribution in [3.63, 3.8) is 0 Å². The molecule has 1 atom stereocenters. The molecule has 11 aromatic rings. The number of rotatable bonds is 14. The van der Waals surface area contributed by atoms with Crippen LogP contribution in [0.2, 0.25) is 0 Å². The summed E-state index contributed by atoms with van der Waals surface area (Å²) in [5, 5.41) is 14.8. The van der Waals surface area contributed by atoms with Crippen molar-refractivity contribution in [3.05, 3.63) is 441 Å². The summed E-state index contributed by atoms with van der Waals surface area (Å²) in [6, 6.07) is 104. The average molecular weight is 1690 g/mol. The van der Waals surface area contributed by atoms with E-state index in [1.807, 2.05) is 212 Å². The number of para-hydroxylation sites is 2. The Morgan fingerprint density at radius 1 is 0.327 bits per heavy atom. The first-order valence-corrected chi connectivity index (χ1v) is 43.8. The first-order valence-electron chi connectivity index (χ1n) is 40.7. The number of aliphatic imine (C=N–C) groups is 1. The van der Waals surface area contributed by atoms with Crippen LogP contribution < -0.4 is 5.32 Å². The minimum absolute atomic E-state index is 0. The molecule has 0 amide bonds. The van der Waals surface area contributed by atoms with Gasteiger partial charge < -0.3 is 16.0 Å². The van der Waals surface area contributed by atoms with Crippen LogP contribution in [0, 0.1) is 76.2 Å². The topological polar surface area (TPSA) is 52.6 Å². The monoisotopic (exact) mass is 1690 g/mol. The van der Waals surface area contributed by atoms with E-state index in [2.05, 4.69) is 179 Å². The van der Waals surface area contributed by atoms with E-state index in [0.717, 1.165) is 74.7 Å². The third-order valence-electron chi connectivity index (χ3n) is 20.3. The summed E-state index contributed by atoms with van der Waals surface area (Å²) in [5.41, 5.74) is 22.6. The van der Waals surface area contributed by atoms with Crippen LogP contribution in [0.3, 0.4) is 0 Å². The molecule has 4 fully saturated rings. The Bertz CT molecular complexity index is 3690. The van der Waals surface area contributed by atoms with E-state index in [0.29, 0.717) is 0 Å². The SMILES string of the molecule is Cc1cccc(C)c1NC(=NCc1ccccc1)P(C1CCCCC1)C1CCCCC1.Cc1cccc(C)c1[N-]C([N-]Cc1ccccc1)P(C1CCCCC1)C1CCCCC1.[CH2-]c1ccccc1.[CH2-]c1ccccc1.[CH2-]c1ccccc1.[CH2-]c1ccccc1.[CH2-]c1ccccc1.[CH2-]c1ccccc1.[CH2-]c1ccccc1.[Zr+4].[Zr]. The Hall–Kier alpha value is -7.63. The first-order chi connectivity index (χ1) is 54.2. The summed E-state index contributed by atoms with van der Waals surface area (Å²) >= 11 is 0. The molecule has 0 aliphatic heterocycles. The van der Waals surface area contributed by atoms with E-state index in [1.54, 1.807) is 0 Å². The molecule has 4 aliphatic rings. The van der Waals surface area contributed by atoms with Crippen LogP contribution in [-0.4, -0.2) is 34.1 Å². The van der Waals surface area contributed by atoms with Crippen LogP contribution >= 0.6 is 15.8 Å². The summed E-state index contributed by atoms with van der Waals surface area (Å²) in [6.45, 7) is 36.5. The number of nitrogens with one attached hydrogen (secondary N) is 1. The normalized spacial score (nSPS) is 14.3.